The minimum absolute atomic E-state index is 0. The molecule has 1 saturated carbocycles. The molecular formula is C20H23F3N+. The maximum atomic E-state index is 12.7. The van der Waals surface area contributed by atoms with Crippen molar-refractivity contribution in [2.24, 2.45) is 11.8 Å². The van der Waals surface area contributed by atoms with Gasteiger partial charge in [-0.3, -0.25) is 0 Å². The molecule has 24 heavy (non-hydrogen) atoms. The SMILES string of the molecule is CC1CC(Cc2ccc(C(F)(F)F)cc2)C(Nc2ccccc2)C1.[H+]. The number of rotatable bonds is 4. The molecule has 0 heterocycles. The zero-order chi connectivity index (χ0) is 17.2. The first-order chi connectivity index (χ1) is 11.4. The van der Waals surface area contributed by atoms with Crippen molar-refractivity contribution < 1.29 is 14.6 Å². The van der Waals surface area contributed by atoms with Gasteiger partial charge in [0.05, 0.1) is 5.56 Å². The average Bonchev–Trinajstić information content (AvgIpc) is 2.87. The standard InChI is InChI=1S/C20H22F3N/c1-14-11-16(19(12-14)24-18-5-3-2-4-6-18)13-15-7-9-17(10-8-15)20(21,22)23/h2-10,14,16,19,24H,11-13H2,1H3/p+1. The van der Waals surface area contributed by atoms with Gasteiger partial charge in [0.2, 0.25) is 0 Å². The number of nitrogens with one attached hydrogen (secondary N) is 1. The summed E-state index contributed by atoms with van der Waals surface area (Å²) < 4.78 is 38.0. The molecule has 1 fully saturated rings. The van der Waals surface area contributed by atoms with Crippen LogP contribution in [0.5, 0.6) is 0 Å². The maximum absolute atomic E-state index is 12.7. The van der Waals surface area contributed by atoms with Gasteiger partial charge in [-0.1, -0.05) is 37.3 Å². The van der Waals surface area contributed by atoms with E-state index in [9.17, 15) is 13.2 Å². The molecule has 4 heteroatoms. The van der Waals surface area contributed by atoms with Gasteiger partial charge in [-0.2, -0.15) is 13.2 Å². The summed E-state index contributed by atoms with van der Waals surface area (Å²) in [7, 11) is 0. The Morgan fingerprint density at radius 3 is 2.29 bits per heavy atom. The van der Waals surface area contributed by atoms with Crippen LogP contribution in [0.25, 0.3) is 0 Å². The zero-order valence-electron chi connectivity index (χ0n) is 14.7. The summed E-state index contributed by atoms with van der Waals surface area (Å²) in [5.41, 5.74) is 1.50. The van der Waals surface area contributed by atoms with Crippen LogP contribution in [0, 0.1) is 11.8 Å². The normalized spacial score (nSPS) is 24.1. The first kappa shape index (κ1) is 16.9. The van der Waals surface area contributed by atoms with Gasteiger partial charge in [0.15, 0.2) is 0 Å². The summed E-state index contributed by atoms with van der Waals surface area (Å²) in [6.45, 7) is 2.24. The summed E-state index contributed by atoms with van der Waals surface area (Å²) >= 11 is 0. The van der Waals surface area contributed by atoms with Gasteiger partial charge in [-0.15, -0.1) is 0 Å². The molecule has 0 aliphatic heterocycles. The van der Waals surface area contributed by atoms with Gasteiger partial charge >= 0.3 is 7.60 Å². The summed E-state index contributed by atoms with van der Waals surface area (Å²) in [6.07, 6.45) is -1.25. The van der Waals surface area contributed by atoms with Crippen molar-refractivity contribution in [1.29, 1.82) is 0 Å². The Labute approximate surface area is 142 Å². The van der Waals surface area contributed by atoms with Crippen molar-refractivity contribution in [2.45, 2.75) is 38.4 Å². The van der Waals surface area contributed by atoms with Crippen molar-refractivity contribution in [3.8, 4) is 0 Å². The van der Waals surface area contributed by atoms with E-state index in [1.165, 1.54) is 12.1 Å². The number of anilines is 1. The molecule has 128 valence electrons. The number of para-hydroxylation sites is 1. The van der Waals surface area contributed by atoms with E-state index in [2.05, 4.69) is 24.4 Å². The predicted octanol–water partition coefficient (Wildman–Crippen LogP) is 5.89. The number of hydrogen-bond acceptors (Lipinski definition) is 1. The molecule has 0 radical (unpaired) electrons. The Balaban J connectivity index is 0.00000225. The first-order valence-electron chi connectivity index (χ1n) is 8.39. The van der Waals surface area contributed by atoms with Crippen LogP contribution in [-0.2, 0) is 12.6 Å². The Bertz CT molecular complexity index is 655. The van der Waals surface area contributed by atoms with Gasteiger partial charge in [-0.25, -0.2) is 0 Å². The number of alkyl halides is 3. The Morgan fingerprint density at radius 1 is 1.00 bits per heavy atom. The van der Waals surface area contributed by atoms with E-state index in [1.54, 1.807) is 12.1 Å². The molecule has 3 unspecified atom stereocenters. The molecule has 2 aromatic carbocycles. The largest absolute Gasteiger partial charge is 1.00 e. The molecule has 3 rings (SSSR count). The van der Waals surface area contributed by atoms with Crippen LogP contribution < -0.4 is 5.32 Å². The summed E-state index contributed by atoms with van der Waals surface area (Å²) in [4.78, 5) is 0. The molecule has 3 atom stereocenters. The molecule has 1 aliphatic rings. The quantitative estimate of drug-likeness (QED) is 0.735. The highest BCUT2D eigenvalue weighted by molar-refractivity contribution is 5.44. The van der Waals surface area contributed by atoms with Crippen LogP contribution in [0.2, 0.25) is 0 Å². The summed E-state index contributed by atoms with van der Waals surface area (Å²) in [5.74, 6) is 1.07. The highest BCUT2D eigenvalue weighted by Gasteiger charge is 2.33. The van der Waals surface area contributed by atoms with Crippen LogP contribution in [-0.4, -0.2) is 6.04 Å². The van der Waals surface area contributed by atoms with E-state index in [4.69, 9.17) is 0 Å². The fourth-order valence-electron chi connectivity index (χ4n) is 3.69. The summed E-state index contributed by atoms with van der Waals surface area (Å²) in [6, 6.07) is 16.1. The number of halogens is 3. The topological polar surface area (TPSA) is 12.0 Å². The minimum Gasteiger partial charge on any atom is -0.382 e. The van der Waals surface area contributed by atoms with Gasteiger partial charge in [0.25, 0.3) is 0 Å². The lowest BCUT2D eigenvalue weighted by Gasteiger charge is -2.22. The Kier molecular flexibility index (Phi) is 4.83. The average molecular weight is 334 g/mol. The van der Waals surface area contributed by atoms with E-state index in [-0.39, 0.29) is 1.43 Å². The first-order valence-corrected chi connectivity index (χ1v) is 8.39. The van der Waals surface area contributed by atoms with E-state index in [0.29, 0.717) is 17.9 Å². The Morgan fingerprint density at radius 2 is 1.67 bits per heavy atom. The minimum atomic E-state index is -4.27. The smallest absolute Gasteiger partial charge is 0.382 e. The number of benzene rings is 2. The second-order valence-corrected chi connectivity index (χ2v) is 6.85. The van der Waals surface area contributed by atoms with Crippen molar-refractivity contribution in [3.63, 3.8) is 0 Å². The van der Waals surface area contributed by atoms with Gasteiger partial charge in [0, 0.05) is 11.7 Å². The van der Waals surface area contributed by atoms with E-state index >= 15 is 0 Å². The van der Waals surface area contributed by atoms with Gasteiger partial charge in [-0.05, 0) is 60.9 Å². The third-order valence-electron chi connectivity index (χ3n) is 4.84. The van der Waals surface area contributed by atoms with Crippen LogP contribution in [0.1, 0.15) is 32.3 Å². The van der Waals surface area contributed by atoms with Crippen molar-refractivity contribution >= 4 is 5.69 Å². The van der Waals surface area contributed by atoms with Gasteiger partial charge in [0.1, 0.15) is 0 Å². The van der Waals surface area contributed by atoms with Crippen molar-refractivity contribution in [1.82, 2.24) is 0 Å². The molecule has 0 spiro atoms. The van der Waals surface area contributed by atoms with Crippen LogP contribution in [0.15, 0.2) is 54.6 Å². The van der Waals surface area contributed by atoms with E-state index in [0.717, 1.165) is 30.5 Å². The monoisotopic (exact) mass is 334 g/mol. The third kappa shape index (κ3) is 4.11. The fraction of sp³-hybridized carbons (Fsp3) is 0.400. The molecule has 2 aromatic rings. The van der Waals surface area contributed by atoms with Crippen LogP contribution >= 0.6 is 0 Å². The molecule has 0 aromatic heterocycles. The fourth-order valence-corrected chi connectivity index (χ4v) is 3.69. The second-order valence-electron chi connectivity index (χ2n) is 6.85. The lowest BCUT2D eigenvalue weighted by molar-refractivity contribution is -0.137. The molecule has 0 bridgehead atoms. The molecular weight excluding hydrogens is 311 g/mol. The zero-order valence-corrected chi connectivity index (χ0v) is 13.7. The number of hydrogen-bond donors (Lipinski definition) is 1. The van der Waals surface area contributed by atoms with Gasteiger partial charge < -0.3 is 5.32 Å². The van der Waals surface area contributed by atoms with Crippen LogP contribution in [0.3, 0.4) is 0 Å². The lowest BCUT2D eigenvalue weighted by atomic mass is 9.93. The molecule has 1 N–H and O–H groups in total. The maximum Gasteiger partial charge on any atom is 1.00 e. The molecule has 0 saturated heterocycles. The molecule has 0 amide bonds. The van der Waals surface area contributed by atoms with E-state index < -0.39 is 11.7 Å². The van der Waals surface area contributed by atoms with Crippen molar-refractivity contribution in [3.05, 3.63) is 65.7 Å². The second kappa shape index (κ2) is 6.88. The highest BCUT2D eigenvalue weighted by atomic mass is 19.4. The highest BCUT2D eigenvalue weighted by Crippen LogP contribution is 2.36. The van der Waals surface area contributed by atoms with E-state index in [1.807, 2.05) is 18.2 Å². The molecule has 1 aliphatic carbocycles. The van der Waals surface area contributed by atoms with Crippen molar-refractivity contribution in [2.75, 3.05) is 5.32 Å². The third-order valence-corrected chi connectivity index (χ3v) is 4.84. The summed E-state index contributed by atoms with van der Waals surface area (Å²) in [5, 5.41) is 3.60. The predicted molar refractivity (Wildman–Crippen MR) is 92.0 cm³/mol. The van der Waals surface area contributed by atoms with Crippen LogP contribution in [0.4, 0.5) is 18.9 Å². The Hall–Kier alpha value is -1.97. The molecule has 1 nitrogen and oxygen atoms in total. The lowest BCUT2D eigenvalue weighted by Crippen LogP contribution is -2.25.